The number of hydrogen-bond donors (Lipinski definition) is 1. The van der Waals surface area contributed by atoms with E-state index in [1.807, 2.05) is 38.4 Å². The highest BCUT2D eigenvalue weighted by molar-refractivity contribution is 5.83. The second kappa shape index (κ2) is 8.67. The molecule has 0 bridgehead atoms. The van der Waals surface area contributed by atoms with E-state index in [-0.39, 0.29) is 5.91 Å². The molecule has 0 spiro atoms. The smallest absolute Gasteiger partial charge is 0.226 e. The van der Waals surface area contributed by atoms with E-state index >= 15 is 0 Å². The summed E-state index contributed by atoms with van der Waals surface area (Å²) in [5.41, 5.74) is 2.54. The number of rotatable bonds is 7. The van der Waals surface area contributed by atoms with Gasteiger partial charge < -0.3 is 19.5 Å². The first-order valence-electron chi connectivity index (χ1n) is 9.52. The molecule has 0 unspecified atom stereocenters. The Labute approximate surface area is 160 Å². The number of ether oxygens (including phenoxy) is 1. The Morgan fingerprint density at radius 3 is 2.70 bits per heavy atom. The lowest BCUT2D eigenvalue weighted by Gasteiger charge is -2.35. The maximum absolute atomic E-state index is 13.0. The molecule has 0 atom stereocenters. The Balaban J connectivity index is 1.75. The van der Waals surface area contributed by atoms with E-state index < -0.39 is 5.41 Å². The molecular weight excluding hydrogens is 342 g/mol. The molecule has 27 heavy (non-hydrogen) atoms. The zero-order chi connectivity index (χ0) is 19.3. The van der Waals surface area contributed by atoms with Crippen LogP contribution in [0, 0.1) is 12.3 Å². The molecule has 0 saturated carbocycles. The topological polar surface area (TPSA) is 67.6 Å². The average Bonchev–Trinajstić information content (AvgIpc) is 3.10. The zero-order valence-corrected chi connectivity index (χ0v) is 16.5. The fraction of sp³-hybridized carbons (Fsp3) is 0.524. The summed E-state index contributed by atoms with van der Waals surface area (Å²) in [6.45, 7) is 4.71. The first kappa shape index (κ1) is 19.6. The van der Waals surface area contributed by atoms with Crippen molar-refractivity contribution in [2.24, 2.45) is 5.41 Å². The lowest BCUT2D eigenvalue weighted by Crippen LogP contribution is -2.47. The molecule has 0 radical (unpaired) electrons. The standard InChI is InChI=1S/C21H29N3O3/c1-16-6-4-5-7-18(16)19-14-17(27-23-19)15-21(8-12-26-13-9-21)20(25)22-10-11-24(2)3/h4-7,14H,8-13,15H2,1-3H3,(H,22,25). The summed E-state index contributed by atoms with van der Waals surface area (Å²) in [5.74, 6) is 0.833. The van der Waals surface area contributed by atoms with Crippen molar-refractivity contribution in [1.82, 2.24) is 15.4 Å². The van der Waals surface area contributed by atoms with E-state index in [2.05, 4.69) is 28.4 Å². The average molecular weight is 371 g/mol. The van der Waals surface area contributed by atoms with Crippen molar-refractivity contribution in [1.29, 1.82) is 0 Å². The minimum absolute atomic E-state index is 0.0847. The number of hydrogen-bond acceptors (Lipinski definition) is 5. The fourth-order valence-electron chi connectivity index (χ4n) is 3.54. The number of carbonyl (C=O) groups is 1. The van der Waals surface area contributed by atoms with E-state index in [1.54, 1.807) is 0 Å². The summed E-state index contributed by atoms with van der Waals surface area (Å²) < 4.78 is 11.1. The Morgan fingerprint density at radius 1 is 1.26 bits per heavy atom. The number of nitrogens with zero attached hydrogens (tertiary/aromatic N) is 2. The molecule has 1 aliphatic heterocycles. The molecule has 146 valence electrons. The first-order valence-corrected chi connectivity index (χ1v) is 9.52. The van der Waals surface area contributed by atoms with Crippen molar-refractivity contribution in [3.05, 3.63) is 41.7 Å². The monoisotopic (exact) mass is 371 g/mol. The SMILES string of the molecule is Cc1ccccc1-c1cc(CC2(C(=O)NCCN(C)C)CCOCC2)on1. The molecule has 2 aromatic rings. The van der Waals surface area contributed by atoms with Crippen molar-refractivity contribution in [2.75, 3.05) is 40.4 Å². The van der Waals surface area contributed by atoms with Gasteiger partial charge in [-0.25, -0.2) is 0 Å². The molecule has 1 aliphatic rings. The van der Waals surface area contributed by atoms with E-state index in [4.69, 9.17) is 9.26 Å². The molecule has 0 aliphatic carbocycles. The van der Waals surface area contributed by atoms with Gasteiger partial charge in [-0.05, 0) is 39.4 Å². The molecule has 2 heterocycles. The van der Waals surface area contributed by atoms with Crippen molar-refractivity contribution in [3.8, 4) is 11.3 Å². The van der Waals surface area contributed by atoms with Crippen LogP contribution in [0.2, 0.25) is 0 Å². The van der Waals surface area contributed by atoms with Crippen molar-refractivity contribution < 1.29 is 14.1 Å². The van der Waals surface area contributed by atoms with E-state index in [0.717, 1.165) is 29.1 Å². The summed E-state index contributed by atoms with van der Waals surface area (Å²) in [6, 6.07) is 10.1. The predicted molar refractivity (Wildman–Crippen MR) is 104 cm³/mol. The largest absolute Gasteiger partial charge is 0.381 e. The Bertz CT molecular complexity index is 764. The van der Waals surface area contributed by atoms with Crippen LogP contribution >= 0.6 is 0 Å². The van der Waals surface area contributed by atoms with Crippen LogP contribution in [0.4, 0.5) is 0 Å². The number of aryl methyl sites for hydroxylation is 1. The Morgan fingerprint density at radius 2 is 2.00 bits per heavy atom. The van der Waals surface area contributed by atoms with Crippen LogP contribution < -0.4 is 5.32 Å². The molecule has 1 aromatic carbocycles. The maximum atomic E-state index is 13.0. The third kappa shape index (κ3) is 4.76. The molecule has 6 heteroatoms. The number of carbonyl (C=O) groups excluding carboxylic acids is 1. The van der Waals surface area contributed by atoms with Crippen LogP contribution in [0.15, 0.2) is 34.9 Å². The van der Waals surface area contributed by atoms with Crippen LogP contribution in [0.5, 0.6) is 0 Å². The van der Waals surface area contributed by atoms with Crippen LogP contribution in [0.3, 0.4) is 0 Å². The normalized spacial score (nSPS) is 16.4. The maximum Gasteiger partial charge on any atom is 0.226 e. The van der Waals surface area contributed by atoms with Gasteiger partial charge in [0.2, 0.25) is 5.91 Å². The van der Waals surface area contributed by atoms with Gasteiger partial charge in [-0.15, -0.1) is 0 Å². The third-order valence-electron chi connectivity index (χ3n) is 5.27. The molecule has 1 saturated heterocycles. The molecule has 1 fully saturated rings. The van der Waals surface area contributed by atoms with Gasteiger partial charge in [-0.2, -0.15) is 0 Å². The highest BCUT2D eigenvalue weighted by atomic mass is 16.5. The van der Waals surface area contributed by atoms with Gasteiger partial charge in [-0.1, -0.05) is 29.4 Å². The quantitative estimate of drug-likeness (QED) is 0.810. The van der Waals surface area contributed by atoms with Crippen molar-refractivity contribution >= 4 is 5.91 Å². The minimum atomic E-state index is -0.493. The van der Waals surface area contributed by atoms with E-state index in [1.165, 1.54) is 0 Å². The third-order valence-corrected chi connectivity index (χ3v) is 5.27. The summed E-state index contributed by atoms with van der Waals surface area (Å²) in [4.78, 5) is 15.0. The number of benzene rings is 1. The first-order chi connectivity index (χ1) is 13.0. The predicted octanol–water partition coefficient (Wildman–Crippen LogP) is 2.67. The summed E-state index contributed by atoms with van der Waals surface area (Å²) in [7, 11) is 4.00. The molecule has 3 rings (SSSR count). The lowest BCUT2D eigenvalue weighted by atomic mass is 9.75. The zero-order valence-electron chi connectivity index (χ0n) is 16.5. The van der Waals surface area contributed by atoms with Crippen molar-refractivity contribution in [2.45, 2.75) is 26.2 Å². The molecule has 6 nitrogen and oxygen atoms in total. The summed E-state index contributed by atoms with van der Waals surface area (Å²) in [6.07, 6.45) is 1.94. The van der Waals surface area contributed by atoms with E-state index in [0.29, 0.717) is 39.0 Å². The Kier molecular flexibility index (Phi) is 6.29. The molecular formula is C21H29N3O3. The van der Waals surface area contributed by atoms with Gasteiger partial charge in [0.25, 0.3) is 0 Å². The van der Waals surface area contributed by atoms with Crippen LogP contribution in [-0.4, -0.2) is 56.4 Å². The second-order valence-corrected chi connectivity index (χ2v) is 7.62. The second-order valence-electron chi connectivity index (χ2n) is 7.62. The minimum Gasteiger partial charge on any atom is -0.381 e. The van der Waals surface area contributed by atoms with Gasteiger partial charge in [-0.3, -0.25) is 4.79 Å². The van der Waals surface area contributed by atoms with Crippen molar-refractivity contribution in [3.63, 3.8) is 0 Å². The van der Waals surface area contributed by atoms with Crippen LogP contribution in [0.25, 0.3) is 11.3 Å². The van der Waals surface area contributed by atoms with E-state index in [9.17, 15) is 4.79 Å². The van der Waals surface area contributed by atoms with Gasteiger partial charge in [0.1, 0.15) is 11.5 Å². The fourth-order valence-corrected chi connectivity index (χ4v) is 3.54. The molecule has 1 aromatic heterocycles. The highest BCUT2D eigenvalue weighted by Gasteiger charge is 2.41. The van der Waals surface area contributed by atoms with Gasteiger partial charge in [0.05, 0.1) is 5.41 Å². The number of aromatic nitrogens is 1. The Hall–Kier alpha value is -2.18. The number of likely N-dealkylation sites (N-methyl/N-ethyl adjacent to an activating group) is 1. The molecule has 1 N–H and O–H groups in total. The number of nitrogens with one attached hydrogen (secondary N) is 1. The van der Waals surface area contributed by atoms with Crippen LogP contribution in [-0.2, 0) is 16.0 Å². The summed E-state index contributed by atoms with van der Waals surface area (Å²) >= 11 is 0. The van der Waals surface area contributed by atoms with Crippen LogP contribution in [0.1, 0.15) is 24.2 Å². The molecule has 1 amide bonds. The summed E-state index contributed by atoms with van der Waals surface area (Å²) in [5, 5.41) is 7.34. The highest BCUT2D eigenvalue weighted by Crippen LogP contribution is 2.36. The van der Waals surface area contributed by atoms with Gasteiger partial charge in [0, 0.05) is 44.4 Å². The lowest BCUT2D eigenvalue weighted by molar-refractivity contribution is -0.137. The van der Waals surface area contributed by atoms with Gasteiger partial charge >= 0.3 is 0 Å². The van der Waals surface area contributed by atoms with Gasteiger partial charge in [0.15, 0.2) is 0 Å². The number of amides is 1.